The summed E-state index contributed by atoms with van der Waals surface area (Å²) in [4.78, 5) is 2.58. The van der Waals surface area contributed by atoms with Gasteiger partial charge in [0, 0.05) is 26.8 Å². The van der Waals surface area contributed by atoms with Gasteiger partial charge < -0.3 is 9.47 Å². The van der Waals surface area contributed by atoms with Gasteiger partial charge in [-0.05, 0) is 32.2 Å². The minimum atomic E-state index is 0.463. The van der Waals surface area contributed by atoms with Crippen molar-refractivity contribution in [3.8, 4) is 0 Å². The van der Waals surface area contributed by atoms with E-state index in [0.29, 0.717) is 12.2 Å². The SMILES string of the molecule is COC1CC(N2CCC[C@H](OC)C2)C1. The summed E-state index contributed by atoms with van der Waals surface area (Å²) in [6, 6.07) is 0.762. The van der Waals surface area contributed by atoms with Gasteiger partial charge in [0.15, 0.2) is 0 Å². The largest absolute Gasteiger partial charge is 0.381 e. The zero-order valence-electron chi connectivity index (χ0n) is 9.24. The summed E-state index contributed by atoms with van der Waals surface area (Å²) in [5, 5.41) is 0. The molecule has 2 rings (SSSR count). The van der Waals surface area contributed by atoms with Crippen LogP contribution in [-0.4, -0.2) is 50.5 Å². The highest BCUT2D eigenvalue weighted by Crippen LogP contribution is 2.30. The fraction of sp³-hybridized carbons (Fsp3) is 1.00. The summed E-state index contributed by atoms with van der Waals surface area (Å²) in [6.45, 7) is 2.37. The molecule has 0 aromatic rings. The van der Waals surface area contributed by atoms with Crippen LogP contribution in [0, 0.1) is 0 Å². The van der Waals surface area contributed by atoms with E-state index in [9.17, 15) is 0 Å². The zero-order valence-corrected chi connectivity index (χ0v) is 9.24. The second kappa shape index (κ2) is 4.60. The summed E-state index contributed by atoms with van der Waals surface area (Å²) < 4.78 is 10.7. The van der Waals surface area contributed by atoms with Gasteiger partial charge in [-0.25, -0.2) is 0 Å². The van der Waals surface area contributed by atoms with Crippen LogP contribution in [0.4, 0.5) is 0 Å². The van der Waals surface area contributed by atoms with Gasteiger partial charge in [0.25, 0.3) is 0 Å². The van der Waals surface area contributed by atoms with E-state index in [1.807, 2.05) is 14.2 Å². The van der Waals surface area contributed by atoms with Crippen molar-refractivity contribution in [2.45, 2.75) is 43.9 Å². The quantitative estimate of drug-likeness (QED) is 0.683. The molecule has 14 heavy (non-hydrogen) atoms. The standard InChI is InChI=1S/C11H21NO2/c1-13-10-4-3-5-12(8-10)9-6-11(7-9)14-2/h9-11H,3-8H2,1-2H3/t9?,10-,11?/m0/s1. The number of nitrogens with zero attached hydrogens (tertiary/aromatic N) is 1. The van der Waals surface area contributed by atoms with Crippen molar-refractivity contribution in [2.75, 3.05) is 27.3 Å². The molecule has 0 N–H and O–H groups in total. The van der Waals surface area contributed by atoms with Crippen LogP contribution in [0.1, 0.15) is 25.7 Å². The van der Waals surface area contributed by atoms with Gasteiger partial charge in [-0.1, -0.05) is 0 Å². The Morgan fingerprint density at radius 1 is 1.07 bits per heavy atom. The van der Waals surface area contributed by atoms with Gasteiger partial charge in [0.2, 0.25) is 0 Å². The zero-order chi connectivity index (χ0) is 9.97. The van der Waals surface area contributed by atoms with E-state index in [4.69, 9.17) is 9.47 Å². The lowest BCUT2D eigenvalue weighted by molar-refractivity contribution is -0.0571. The predicted molar refractivity (Wildman–Crippen MR) is 55.4 cm³/mol. The molecular formula is C11H21NO2. The van der Waals surface area contributed by atoms with Crippen LogP contribution in [0.3, 0.4) is 0 Å². The van der Waals surface area contributed by atoms with Crippen molar-refractivity contribution in [3.63, 3.8) is 0 Å². The average molecular weight is 199 g/mol. The van der Waals surface area contributed by atoms with Crippen LogP contribution in [0.2, 0.25) is 0 Å². The first-order valence-electron chi connectivity index (χ1n) is 5.63. The molecule has 0 radical (unpaired) electrons. The van der Waals surface area contributed by atoms with E-state index in [-0.39, 0.29) is 0 Å². The normalized spacial score (nSPS) is 39.4. The van der Waals surface area contributed by atoms with E-state index in [1.54, 1.807) is 0 Å². The van der Waals surface area contributed by atoms with Crippen LogP contribution < -0.4 is 0 Å². The highest BCUT2D eigenvalue weighted by atomic mass is 16.5. The Kier molecular flexibility index (Phi) is 3.42. The first-order valence-corrected chi connectivity index (χ1v) is 5.63. The molecule has 2 fully saturated rings. The third-order valence-corrected chi connectivity index (χ3v) is 3.66. The molecule has 1 atom stereocenters. The van der Waals surface area contributed by atoms with Gasteiger partial charge in [-0.2, -0.15) is 0 Å². The third kappa shape index (κ3) is 2.10. The maximum atomic E-state index is 5.42. The molecule has 0 aromatic carbocycles. The molecule has 1 aliphatic carbocycles. The number of methoxy groups -OCH3 is 2. The maximum absolute atomic E-state index is 5.42. The number of rotatable bonds is 3. The van der Waals surface area contributed by atoms with Crippen molar-refractivity contribution in [3.05, 3.63) is 0 Å². The maximum Gasteiger partial charge on any atom is 0.0698 e. The fourth-order valence-corrected chi connectivity index (χ4v) is 2.52. The van der Waals surface area contributed by atoms with E-state index < -0.39 is 0 Å². The first kappa shape index (κ1) is 10.4. The predicted octanol–water partition coefficient (Wildman–Crippen LogP) is 1.27. The molecule has 1 aliphatic heterocycles. The molecule has 0 aromatic heterocycles. The molecule has 0 bridgehead atoms. The molecule has 0 amide bonds. The van der Waals surface area contributed by atoms with Gasteiger partial charge >= 0.3 is 0 Å². The summed E-state index contributed by atoms with van der Waals surface area (Å²) >= 11 is 0. The number of hydrogen-bond donors (Lipinski definition) is 0. The Bertz CT molecular complexity index is 180. The van der Waals surface area contributed by atoms with Crippen LogP contribution in [0.5, 0.6) is 0 Å². The third-order valence-electron chi connectivity index (χ3n) is 3.66. The topological polar surface area (TPSA) is 21.7 Å². The Labute approximate surface area is 86.4 Å². The average Bonchev–Trinajstić information content (AvgIpc) is 2.17. The molecule has 3 nitrogen and oxygen atoms in total. The minimum Gasteiger partial charge on any atom is -0.381 e. The number of ether oxygens (including phenoxy) is 2. The molecule has 0 spiro atoms. The molecule has 82 valence electrons. The second-order valence-corrected chi connectivity index (χ2v) is 4.48. The van der Waals surface area contributed by atoms with Gasteiger partial charge in [0.05, 0.1) is 12.2 Å². The molecule has 0 unspecified atom stereocenters. The highest BCUT2D eigenvalue weighted by Gasteiger charge is 2.35. The van der Waals surface area contributed by atoms with Crippen molar-refractivity contribution in [1.29, 1.82) is 0 Å². The molecule has 1 saturated carbocycles. The molecule has 2 aliphatic rings. The second-order valence-electron chi connectivity index (χ2n) is 4.48. The summed E-state index contributed by atoms with van der Waals surface area (Å²) in [6.07, 6.45) is 5.92. The lowest BCUT2D eigenvalue weighted by atomic mass is 9.86. The van der Waals surface area contributed by atoms with E-state index in [2.05, 4.69) is 4.90 Å². The van der Waals surface area contributed by atoms with Crippen molar-refractivity contribution in [2.24, 2.45) is 0 Å². The monoisotopic (exact) mass is 199 g/mol. The van der Waals surface area contributed by atoms with Crippen LogP contribution >= 0.6 is 0 Å². The summed E-state index contributed by atoms with van der Waals surface area (Å²) in [5.41, 5.74) is 0. The Hall–Kier alpha value is -0.120. The van der Waals surface area contributed by atoms with Crippen LogP contribution in [0.25, 0.3) is 0 Å². The first-order chi connectivity index (χ1) is 6.83. The van der Waals surface area contributed by atoms with Crippen molar-refractivity contribution in [1.82, 2.24) is 4.90 Å². The van der Waals surface area contributed by atoms with E-state index >= 15 is 0 Å². The van der Waals surface area contributed by atoms with Crippen LogP contribution in [0.15, 0.2) is 0 Å². The summed E-state index contributed by atoms with van der Waals surface area (Å²) in [7, 11) is 3.64. The number of likely N-dealkylation sites (tertiary alicyclic amines) is 1. The van der Waals surface area contributed by atoms with Gasteiger partial charge in [0.1, 0.15) is 0 Å². The number of piperidine rings is 1. The lowest BCUT2D eigenvalue weighted by Crippen LogP contribution is -2.52. The van der Waals surface area contributed by atoms with E-state index in [0.717, 1.165) is 12.6 Å². The van der Waals surface area contributed by atoms with E-state index in [1.165, 1.54) is 32.2 Å². The van der Waals surface area contributed by atoms with Gasteiger partial charge in [-0.15, -0.1) is 0 Å². The highest BCUT2D eigenvalue weighted by molar-refractivity contribution is 4.90. The Morgan fingerprint density at radius 3 is 2.43 bits per heavy atom. The molecule has 1 saturated heterocycles. The van der Waals surface area contributed by atoms with Crippen molar-refractivity contribution >= 4 is 0 Å². The lowest BCUT2D eigenvalue weighted by Gasteiger charge is -2.45. The van der Waals surface area contributed by atoms with Crippen LogP contribution in [-0.2, 0) is 9.47 Å². The minimum absolute atomic E-state index is 0.463. The number of hydrogen-bond acceptors (Lipinski definition) is 3. The Morgan fingerprint density at radius 2 is 1.79 bits per heavy atom. The summed E-state index contributed by atoms with van der Waals surface area (Å²) in [5.74, 6) is 0. The smallest absolute Gasteiger partial charge is 0.0698 e. The van der Waals surface area contributed by atoms with Gasteiger partial charge in [-0.3, -0.25) is 4.90 Å². The fourth-order valence-electron chi connectivity index (χ4n) is 2.52. The molecular weight excluding hydrogens is 178 g/mol. The van der Waals surface area contributed by atoms with Crippen molar-refractivity contribution < 1.29 is 9.47 Å². The molecule has 1 heterocycles. The molecule has 3 heteroatoms. The Balaban J connectivity index is 1.75.